The Balaban J connectivity index is 1.86. The number of benzene rings is 2. The zero-order chi connectivity index (χ0) is 19.3. The number of ketones is 1. The minimum absolute atomic E-state index is 0.134. The van der Waals surface area contributed by atoms with Gasteiger partial charge in [-0.05, 0) is 62.1 Å². The zero-order valence-electron chi connectivity index (χ0n) is 15.7. The van der Waals surface area contributed by atoms with Crippen molar-refractivity contribution >= 4 is 32.4 Å². The van der Waals surface area contributed by atoms with Crippen LogP contribution in [0.1, 0.15) is 40.0 Å². The van der Waals surface area contributed by atoms with Crippen molar-refractivity contribution in [3.05, 3.63) is 58.8 Å². The molecule has 0 unspecified atom stereocenters. The van der Waals surface area contributed by atoms with Crippen LogP contribution in [0.2, 0.25) is 0 Å². The summed E-state index contributed by atoms with van der Waals surface area (Å²) in [5, 5.41) is 0.823. The Bertz CT molecular complexity index is 1180. The largest absolute Gasteiger partial charge is 0.358 e. The second-order valence-electron chi connectivity index (χ2n) is 7.23. The van der Waals surface area contributed by atoms with Gasteiger partial charge in [-0.3, -0.25) is 9.10 Å². The molecule has 27 heavy (non-hydrogen) atoms. The van der Waals surface area contributed by atoms with Crippen LogP contribution < -0.4 is 4.31 Å². The number of hydrogen-bond acceptors (Lipinski definition) is 3. The number of Topliss-reactive ketones (excluding diaryl/α,β-unsaturated/α-hetero) is 1. The Kier molecular flexibility index (Phi) is 4.11. The Morgan fingerprint density at radius 2 is 1.85 bits per heavy atom. The van der Waals surface area contributed by atoms with Crippen molar-refractivity contribution in [3.63, 3.8) is 0 Å². The predicted octanol–water partition coefficient (Wildman–Crippen LogP) is 4.13. The van der Waals surface area contributed by atoms with Crippen LogP contribution in [0.25, 0.3) is 10.9 Å². The van der Waals surface area contributed by atoms with E-state index in [1.165, 1.54) is 4.31 Å². The molecule has 1 aliphatic carbocycles. The summed E-state index contributed by atoms with van der Waals surface area (Å²) < 4.78 is 27.8. The molecule has 0 saturated carbocycles. The molecule has 0 bridgehead atoms. The van der Waals surface area contributed by atoms with Gasteiger partial charge >= 0.3 is 0 Å². The highest BCUT2D eigenvalue weighted by Gasteiger charge is 2.27. The van der Waals surface area contributed by atoms with Gasteiger partial charge in [0.2, 0.25) is 0 Å². The van der Waals surface area contributed by atoms with E-state index in [0.717, 1.165) is 35.0 Å². The van der Waals surface area contributed by atoms with E-state index in [-0.39, 0.29) is 10.7 Å². The minimum atomic E-state index is -3.72. The van der Waals surface area contributed by atoms with Crippen molar-refractivity contribution < 1.29 is 13.2 Å². The summed E-state index contributed by atoms with van der Waals surface area (Å²) in [5.74, 6) is 0.134. The molecule has 1 aromatic heterocycles. The third-order valence-electron chi connectivity index (χ3n) is 5.28. The van der Waals surface area contributed by atoms with Crippen molar-refractivity contribution in [1.82, 2.24) is 4.98 Å². The van der Waals surface area contributed by atoms with E-state index in [2.05, 4.69) is 4.98 Å². The van der Waals surface area contributed by atoms with E-state index in [9.17, 15) is 13.2 Å². The minimum Gasteiger partial charge on any atom is -0.358 e. The number of nitrogens with one attached hydrogen (secondary N) is 1. The summed E-state index contributed by atoms with van der Waals surface area (Å²) in [6.07, 6.45) is 2.20. The first-order valence-electron chi connectivity index (χ1n) is 9.03. The van der Waals surface area contributed by atoms with Gasteiger partial charge < -0.3 is 4.98 Å². The van der Waals surface area contributed by atoms with Crippen LogP contribution in [0.15, 0.2) is 41.3 Å². The number of rotatable bonds is 3. The van der Waals surface area contributed by atoms with Gasteiger partial charge in [-0.25, -0.2) is 8.42 Å². The van der Waals surface area contributed by atoms with Gasteiger partial charge in [0, 0.05) is 35.6 Å². The molecule has 6 heteroatoms. The number of hydrogen-bond donors (Lipinski definition) is 1. The molecule has 0 aliphatic heterocycles. The van der Waals surface area contributed by atoms with Crippen LogP contribution >= 0.6 is 0 Å². The maximum Gasteiger partial charge on any atom is 0.264 e. The van der Waals surface area contributed by atoms with Crippen LogP contribution in [0, 0.1) is 13.8 Å². The van der Waals surface area contributed by atoms with E-state index in [0.29, 0.717) is 23.2 Å². The van der Waals surface area contributed by atoms with Gasteiger partial charge in [-0.2, -0.15) is 0 Å². The van der Waals surface area contributed by atoms with Crippen molar-refractivity contribution in [2.45, 2.75) is 38.0 Å². The first-order valence-corrected chi connectivity index (χ1v) is 10.5. The molecule has 2 aromatic carbocycles. The number of aromatic amines is 1. The summed E-state index contributed by atoms with van der Waals surface area (Å²) >= 11 is 0. The zero-order valence-corrected chi connectivity index (χ0v) is 16.5. The summed E-state index contributed by atoms with van der Waals surface area (Å²) in [6.45, 7) is 3.71. The van der Waals surface area contributed by atoms with Crippen molar-refractivity contribution in [3.8, 4) is 0 Å². The molecule has 1 heterocycles. The molecule has 0 radical (unpaired) electrons. The van der Waals surface area contributed by atoms with Crippen molar-refractivity contribution in [1.29, 1.82) is 0 Å². The van der Waals surface area contributed by atoms with Gasteiger partial charge in [0.15, 0.2) is 5.78 Å². The van der Waals surface area contributed by atoms with Gasteiger partial charge in [-0.15, -0.1) is 0 Å². The fraction of sp³-hybridized carbons (Fsp3) is 0.286. The number of nitrogens with zero attached hydrogens (tertiary/aromatic N) is 1. The molecule has 0 atom stereocenters. The molecule has 0 fully saturated rings. The third kappa shape index (κ3) is 2.84. The standard InChI is InChI=1S/C21H22N2O3S/c1-13-6-4-7-15(10-13)23(3)27(25,26)20-12-18-16(11-14(20)2)21-17(22-18)8-5-9-19(21)24/h4,6-7,10-12,22H,5,8-9H2,1-3H3. The van der Waals surface area contributed by atoms with Crippen LogP contribution in [-0.4, -0.2) is 26.2 Å². The molecule has 5 nitrogen and oxygen atoms in total. The molecule has 140 valence electrons. The predicted molar refractivity (Wildman–Crippen MR) is 107 cm³/mol. The van der Waals surface area contributed by atoms with E-state index in [1.807, 2.05) is 31.2 Å². The topological polar surface area (TPSA) is 70.2 Å². The van der Waals surface area contributed by atoms with Crippen LogP contribution in [-0.2, 0) is 16.4 Å². The van der Waals surface area contributed by atoms with E-state index in [4.69, 9.17) is 0 Å². The van der Waals surface area contributed by atoms with E-state index < -0.39 is 10.0 Å². The monoisotopic (exact) mass is 382 g/mol. The summed E-state index contributed by atoms with van der Waals surface area (Å²) in [7, 11) is -2.15. The lowest BCUT2D eigenvalue weighted by Crippen LogP contribution is -2.27. The fourth-order valence-electron chi connectivity index (χ4n) is 3.83. The number of fused-ring (bicyclic) bond motifs is 3. The highest BCUT2D eigenvalue weighted by molar-refractivity contribution is 7.92. The molecule has 0 spiro atoms. The number of H-pyrrole nitrogens is 1. The average Bonchev–Trinajstić information content (AvgIpc) is 2.99. The first-order chi connectivity index (χ1) is 12.8. The normalized spacial score (nSPS) is 14.4. The van der Waals surface area contributed by atoms with Crippen molar-refractivity contribution in [2.75, 3.05) is 11.4 Å². The number of aromatic nitrogens is 1. The van der Waals surface area contributed by atoms with Crippen LogP contribution in [0.4, 0.5) is 5.69 Å². The molecule has 1 aliphatic rings. The Hall–Kier alpha value is -2.60. The molecular formula is C21H22N2O3S. The highest BCUT2D eigenvalue weighted by atomic mass is 32.2. The number of carbonyl (C=O) groups is 1. The highest BCUT2D eigenvalue weighted by Crippen LogP contribution is 2.33. The molecule has 3 aromatic rings. The van der Waals surface area contributed by atoms with Gasteiger partial charge in [0.25, 0.3) is 10.0 Å². The number of anilines is 1. The maximum absolute atomic E-state index is 13.3. The number of sulfonamides is 1. The fourth-order valence-corrected chi connectivity index (χ4v) is 5.25. The third-order valence-corrected chi connectivity index (χ3v) is 7.21. The molecule has 4 rings (SSSR count). The molecule has 0 saturated heterocycles. The number of carbonyl (C=O) groups excluding carboxylic acids is 1. The lowest BCUT2D eigenvalue weighted by molar-refractivity contribution is 0.0974. The lowest BCUT2D eigenvalue weighted by Gasteiger charge is -2.21. The summed E-state index contributed by atoms with van der Waals surface area (Å²) in [5.41, 5.74) is 4.62. The van der Waals surface area contributed by atoms with Gasteiger partial charge in [-0.1, -0.05) is 12.1 Å². The van der Waals surface area contributed by atoms with Gasteiger partial charge in [0.05, 0.1) is 10.6 Å². The number of aryl methyl sites for hydroxylation is 3. The van der Waals surface area contributed by atoms with Crippen molar-refractivity contribution in [2.24, 2.45) is 0 Å². The molecule has 1 N–H and O–H groups in total. The molecule has 0 amide bonds. The second kappa shape index (κ2) is 6.23. The lowest BCUT2D eigenvalue weighted by atomic mass is 9.94. The smallest absolute Gasteiger partial charge is 0.264 e. The van der Waals surface area contributed by atoms with E-state index in [1.54, 1.807) is 26.1 Å². The Labute approximate surface area is 159 Å². The first kappa shape index (κ1) is 17.8. The van der Waals surface area contributed by atoms with Crippen LogP contribution in [0.5, 0.6) is 0 Å². The summed E-state index contributed by atoms with van der Waals surface area (Å²) in [6, 6.07) is 10.9. The molecular weight excluding hydrogens is 360 g/mol. The van der Waals surface area contributed by atoms with Crippen LogP contribution in [0.3, 0.4) is 0 Å². The summed E-state index contributed by atoms with van der Waals surface area (Å²) in [4.78, 5) is 15.9. The van der Waals surface area contributed by atoms with Gasteiger partial charge in [0.1, 0.15) is 0 Å². The quantitative estimate of drug-likeness (QED) is 0.740. The maximum atomic E-state index is 13.3. The average molecular weight is 382 g/mol. The Morgan fingerprint density at radius 1 is 1.07 bits per heavy atom. The Morgan fingerprint density at radius 3 is 2.59 bits per heavy atom. The van der Waals surface area contributed by atoms with E-state index >= 15 is 0 Å². The SMILES string of the molecule is Cc1cccc(N(C)S(=O)(=O)c2cc3[nH]c4c(c3cc2C)C(=O)CCC4)c1. The second-order valence-corrected chi connectivity index (χ2v) is 9.17.